The summed E-state index contributed by atoms with van der Waals surface area (Å²) in [5.41, 5.74) is 0.632. The summed E-state index contributed by atoms with van der Waals surface area (Å²) in [5, 5.41) is 9.24. The number of nitrogens with one attached hydrogen (secondary N) is 1. The monoisotopic (exact) mass is 410 g/mol. The van der Waals surface area contributed by atoms with E-state index in [2.05, 4.69) is 15.4 Å². The molecule has 4 rings (SSSR count). The fourth-order valence-electron chi connectivity index (χ4n) is 2.91. The van der Waals surface area contributed by atoms with E-state index in [4.69, 9.17) is 4.42 Å². The second-order valence-electron chi connectivity index (χ2n) is 6.62. The van der Waals surface area contributed by atoms with E-state index in [0.29, 0.717) is 11.5 Å². The van der Waals surface area contributed by atoms with E-state index in [0.717, 1.165) is 23.5 Å². The number of hydrogen-bond acceptors (Lipinski definition) is 5. The molecule has 4 aromatic rings. The molecule has 8 heteroatoms. The number of nitrogens with zero attached hydrogens (tertiary/aromatic N) is 3. The Morgan fingerprint density at radius 3 is 2.76 bits per heavy atom. The number of thiophene rings is 1. The summed E-state index contributed by atoms with van der Waals surface area (Å²) in [6.45, 7) is 1.93. The first kappa shape index (κ1) is 19.1. The molecule has 0 aliphatic rings. The first-order valence-corrected chi connectivity index (χ1v) is 10.1. The Labute approximate surface area is 171 Å². The molecule has 29 heavy (non-hydrogen) atoms. The highest BCUT2D eigenvalue weighted by molar-refractivity contribution is 7.13. The molecule has 3 aromatic heterocycles. The Hall–Kier alpha value is -3.26. The summed E-state index contributed by atoms with van der Waals surface area (Å²) in [4.78, 5) is 18.0. The van der Waals surface area contributed by atoms with Crippen LogP contribution in [0.15, 0.2) is 64.6 Å². The molecule has 0 fully saturated rings. The van der Waals surface area contributed by atoms with Gasteiger partial charge in [-0.25, -0.2) is 14.1 Å². The maximum Gasteiger partial charge on any atom is 0.291 e. The Kier molecular flexibility index (Phi) is 5.53. The van der Waals surface area contributed by atoms with Crippen LogP contribution in [0.25, 0.3) is 16.4 Å². The average molecular weight is 410 g/mol. The van der Waals surface area contributed by atoms with Crippen LogP contribution >= 0.6 is 11.3 Å². The quantitative estimate of drug-likeness (QED) is 0.488. The zero-order valence-electron chi connectivity index (χ0n) is 15.7. The molecule has 1 N–H and O–H groups in total. The highest BCUT2D eigenvalue weighted by atomic mass is 32.1. The van der Waals surface area contributed by atoms with E-state index < -0.39 is 0 Å². The fourth-order valence-corrected chi connectivity index (χ4v) is 3.61. The van der Waals surface area contributed by atoms with Gasteiger partial charge in [-0.1, -0.05) is 6.07 Å². The van der Waals surface area contributed by atoms with Crippen molar-refractivity contribution in [3.63, 3.8) is 0 Å². The molecule has 0 saturated carbocycles. The number of aryl methyl sites for hydroxylation is 1. The van der Waals surface area contributed by atoms with E-state index in [1.165, 1.54) is 23.5 Å². The van der Waals surface area contributed by atoms with Gasteiger partial charge in [0.2, 0.25) is 5.82 Å². The van der Waals surface area contributed by atoms with Gasteiger partial charge in [-0.2, -0.15) is 0 Å². The fraction of sp³-hybridized carbons (Fsp3) is 0.190. The summed E-state index contributed by atoms with van der Waals surface area (Å²) in [7, 11) is 0. The van der Waals surface area contributed by atoms with E-state index in [1.807, 2.05) is 36.6 Å². The van der Waals surface area contributed by atoms with Gasteiger partial charge in [0.15, 0.2) is 5.82 Å². The number of benzene rings is 1. The maximum atomic E-state index is 13.3. The van der Waals surface area contributed by atoms with Crippen LogP contribution in [0.5, 0.6) is 0 Å². The summed E-state index contributed by atoms with van der Waals surface area (Å²) in [5.74, 6) is 0.804. The number of halogens is 1. The van der Waals surface area contributed by atoms with Crippen molar-refractivity contribution in [2.75, 3.05) is 0 Å². The summed E-state index contributed by atoms with van der Waals surface area (Å²) < 4.78 is 20.2. The van der Waals surface area contributed by atoms with Crippen LogP contribution in [0.2, 0.25) is 0 Å². The first-order chi connectivity index (χ1) is 14.1. The molecule has 0 saturated heterocycles. The Balaban J connectivity index is 1.54. The molecule has 0 bridgehead atoms. The van der Waals surface area contributed by atoms with Gasteiger partial charge in [-0.3, -0.25) is 4.79 Å². The Morgan fingerprint density at radius 2 is 2.07 bits per heavy atom. The summed E-state index contributed by atoms with van der Waals surface area (Å²) >= 11 is 1.49. The van der Waals surface area contributed by atoms with E-state index >= 15 is 0 Å². The number of rotatable bonds is 7. The normalized spacial score (nSPS) is 12.1. The third-order valence-electron chi connectivity index (χ3n) is 4.40. The molecule has 0 spiro atoms. The number of hydrogen-bond donors (Lipinski definition) is 1. The molecule has 1 aromatic carbocycles. The van der Waals surface area contributed by atoms with Crippen LogP contribution in [0.3, 0.4) is 0 Å². The zero-order valence-corrected chi connectivity index (χ0v) is 16.5. The van der Waals surface area contributed by atoms with Crippen LogP contribution in [0.4, 0.5) is 4.39 Å². The van der Waals surface area contributed by atoms with E-state index in [9.17, 15) is 9.18 Å². The molecule has 148 valence electrons. The lowest BCUT2D eigenvalue weighted by Crippen LogP contribution is -2.33. The summed E-state index contributed by atoms with van der Waals surface area (Å²) in [6.07, 6.45) is 3.10. The van der Waals surface area contributed by atoms with E-state index in [1.54, 1.807) is 23.1 Å². The van der Waals surface area contributed by atoms with Crippen molar-refractivity contribution in [2.45, 2.75) is 25.8 Å². The van der Waals surface area contributed by atoms with Crippen molar-refractivity contribution in [1.82, 2.24) is 20.1 Å². The number of furan rings is 1. The smallest absolute Gasteiger partial charge is 0.291 e. The number of amides is 1. The minimum atomic E-state index is -0.351. The van der Waals surface area contributed by atoms with E-state index in [-0.39, 0.29) is 23.6 Å². The van der Waals surface area contributed by atoms with Gasteiger partial charge in [-0.15, -0.1) is 16.4 Å². The van der Waals surface area contributed by atoms with Crippen LogP contribution in [-0.2, 0) is 6.42 Å². The highest BCUT2D eigenvalue weighted by Gasteiger charge is 2.20. The molecule has 0 radical (unpaired) electrons. The number of aromatic nitrogens is 3. The number of carbonyl (C=O) groups excluding carboxylic acids is 1. The Bertz CT molecular complexity index is 1070. The van der Waals surface area contributed by atoms with Gasteiger partial charge in [0.25, 0.3) is 5.91 Å². The second-order valence-corrected chi connectivity index (χ2v) is 7.56. The third kappa shape index (κ3) is 4.43. The second kappa shape index (κ2) is 8.40. The van der Waals surface area contributed by atoms with Crippen LogP contribution in [-0.4, -0.2) is 26.7 Å². The number of carbonyl (C=O) groups is 1. The molecule has 1 atom stereocenters. The maximum absolute atomic E-state index is 13.3. The molecule has 0 aliphatic heterocycles. The van der Waals surface area contributed by atoms with Crippen molar-refractivity contribution in [2.24, 2.45) is 0 Å². The molecule has 1 unspecified atom stereocenters. The van der Waals surface area contributed by atoms with Crippen LogP contribution in [0, 0.1) is 5.82 Å². The summed E-state index contributed by atoms with van der Waals surface area (Å²) in [6, 6.07) is 13.4. The predicted octanol–water partition coefficient (Wildman–Crippen LogP) is 4.48. The molecule has 0 aliphatic carbocycles. The molecule has 6 nitrogen and oxygen atoms in total. The van der Waals surface area contributed by atoms with Gasteiger partial charge in [0.05, 0.1) is 16.8 Å². The molecule has 3 heterocycles. The standard InChI is InChI=1S/C21H19FN4O2S/c1-14(6-11-17-4-2-12-28-17)23-21(27)19-24-20(18-5-3-13-29-18)26(25-19)16-9-7-15(22)8-10-16/h2-5,7-10,12-14H,6,11H2,1H3,(H,23,27). The van der Waals surface area contributed by atoms with Gasteiger partial charge >= 0.3 is 0 Å². The molecular formula is C21H19FN4O2S. The lowest BCUT2D eigenvalue weighted by atomic mass is 10.1. The third-order valence-corrected chi connectivity index (χ3v) is 5.27. The van der Waals surface area contributed by atoms with Gasteiger partial charge in [-0.05, 0) is 61.2 Å². The molecule has 1 amide bonds. The van der Waals surface area contributed by atoms with Crippen molar-refractivity contribution in [1.29, 1.82) is 0 Å². The Morgan fingerprint density at radius 1 is 1.24 bits per heavy atom. The highest BCUT2D eigenvalue weighted by Crippen LogP contribution is 2.25. The molecular weight excluding hydrogens is 391 g/mol. The topological polar surface area (TPSA) is 73.0 Å². The average Bonchev–Trinajstić information content (AvgIpc) is 3.48. The zero-order chi connectivity index (χ0) is 20.2. The lowest BCUT2D eigenvalue weighted by molar-refractivity contribution is 0.0927. The van der Waals surface area contributed by atoms with Gasteiger partial charge in [0.1, 0.15) is 11.6 Å². The predicted molar refractivity (Wildman–Crippen MR) is 109 cm³/mol. The largest absolute Gasteiger partial charge is 0.469 e. The van der Waals surface area contributed by atoms with Crippen molar-refractivity contribution >= 4 is 17.2 Å². The minimum absolute atomic E-state index is 0.0718. The van der Waals surface area contributed by atoms with Gasteiger partial charge < -0.3 is 9.73 Å². The van der Waals surface area contributed by atoms with Crippen molar-refractivity contribution in [3.8, 4) is 16.4 Å². The van der Waals surface area contributed by atoms with Crippen molar-refractivity contribution < 1.29 is 13.6 Å². The first-order valence-electron chi connectivity index (χ1n) is 9.20. The van der Waals surface area contributed by atoms with Crippen molar-refractivity contribution in [3.05, 3.63) is 77.6 Å². The van der Waals surface area contributed by atoms with Crippen LogP contribution in [0.1, 0.15) is 29.7 Å². The van der Waals surface area contributed by atoms with Crippen LogP contribution < -0.4 is 5.32 Å². The lowest BCUT2D eigenvalue weighted by Gasteiger charge is -2.11. The van der Waals surface area contributed by atoms with Gasteiger partial charge in [0, 0.05) is 12.5 Å². The minimum Gasteiger partial charge on any atom is -0.469 e. The SMILES string of the molecule is CC(CCc1ccco1)NC(=O)c1nc(-c2cccs2)n(-c2ccc(F)cc2)n1.